The Bertz CT molecular complexity index is 1290. The summed E-state index contributed by atoms with van der Waals surface area (Å²) in [7, 11) is 0. The van der Waals surface area contributed by atoms with E-state index in [-0.39, 0.29) is 17.2 Å². The van der Waals surface area contributed by atoms with E-state index in [0.717, 1.165) is 16.7 Å². The van der Waals surface area contributed by atoms with Crippen LogP contribution >= 0.6 is 0 Å². The number of benzene rings is 3. The summed E-state index contributed by atoms with van der Waals surface area (Å²) in [5.41, 5.74) is 5.95. The van der Waals surface area contributed by atoms with E-state index in [2.05, 4.69) is 10.6 Å². The largest absolute Gasteiger partial charge is 0.350 e. The van der Waals surface area contributed by atoms with Crippen LogP contribution in [0.3, 0.4) is 0 Å². The minimum absolute atomic E-state index is 0.183. The van der Waals surface area contributed by atoms with Gasteiger partial charge in [0.25, 0.3) is 11.8 Å². The predicted octanol–water partition coefficient (Wildman–Crippen LogP) is 4.97. The Hall–Kier alpha value is -4.19. The highest BCUT2D eigenvalue weighted by Gasteiger charge is 2.40. The van der Waals surface area contributed by atoms with Gasteiger partial charge in [-0.1, -0.05) is 42.0 Å². The first kappa shape index (κ1) is 22.0. The summed E-state index contributed by atoms with van der Waals surface area (Å²) in [6, 6.07) is 20.1. The van der Waals surface area contributed by atoms with E-state index in [0.29, 0.717) is 22.6 Å². The molecule has 3 aromatic carbocycles. The fraction of sp³-hybridized carbons (Fsp3) is 0.148. The van der Waals surface area contributed by atoms with Crippen LogP contribution in [0.4, 0.5) is 17.1 Å². The lowest BCUT2D eigenvalue weighted by atomic mass is 10.0. The van der Waals surface area contributed by atoms with Gasteiger partial charge < -0.3 is 10.6 Å². The van der Waals surface area contributed by atoms with Crippen molar-refractivity contribution in [3.05, 3.63) is 94.7 Å². The molecule has 0 aliphatic carbocycles. The van der Waals surface area contributed by atoms with E-state index in [9.17, 15) is 14.4 Å². The summed E-state index contributed by atoms with van der Waals surface area (Å²) >= 11 is 0. The average molecular weight is 440 g/mol. The van der Waals surface area contributed by atoms with E-state index < -0.39 is 11.8 Å². The lowest BCUT2D eigenvalue weighted by molar-refractivity contribution is -0.120. The standard InChI is InChI=1S/C27H25N3O3/c1-16-8-12-22(13-9-16)29-25-24(20-10-14-21(15-11-20)28-19(4)31)26(32)30(27(25)33)23-7-5-6-17(2)18(23)3/h5-15,29H,1-4H3,(H,28,31). The van der Waals surface area contributed by atoms with Gasteiger partial charge >= 0.3 is 0 Å². The molecule has 0 saturated carbocycles. The summed E-state index contributed by atoms with van der Waals surface area (Å²) in [6.07, 6.45) is 0. The molecule has 4 rings (SSSR count). The Morgan fingerprint density at radius 2 is 1.42 bits per heavy atom. The number of nitrogens with zero attached hydrogens (tertiary/aromatic N) is 1. The molecule has 0 radical (unpaired) electrons. The number of imide groups is 1. The summed E-state index contributed by atoms with van der Waals surface area (Å²) < 4.78 is 0. The molecular formula is C27H25N3O3. The van der Waals surface area contributed by atoms with Crippen molar-refractivity contribution in [2.24, 2.45) is 0 Å². The Morgan fingerprint density at radius 3 is 2.06 bits per heavy atom. The third kappa shape index (κ3) is 4.28. The highest BCUT2D eigenvalue weighted by molar-refractivity contribution is 6.46. The fourth-order valence-electron chi connectivity index (χ4n) is 3.81. The molecule has 0 saturated heterocycles. The van der Waals surface area contributed by atoms with E-state index in [4.69, 9.17) is 0 Å². The van der Waals surface area contributed by atoms with Crippen LogP contribution in [-0.4, -0.2) is 17.7 Å². The van der Waals surface area contributed by atoms with Crippen LogP contribution in [0.25, 0.3) is 5.57 Å². The van der Waals surface area contributed by atoms with Crippen LogP contribution in [0.1, 0.15) is 29.2 Å². The van der Waals surface area contributed by atoms with Crippen molar-refractivity contribution in [3.63, 3.8) is 0 Å². The molecule has 2 N–H and O–H groups in total. The maximum atomic E-state index is 13.6. The molecule has 1 aliphatic rings. The van der Waals surface area contributed by atoms with Gasteiger partial charge in [0.05, 0.1) is 11.3 Å². The van der Waals surface area contributed by atoms with Gasteiger partial charge in [0.2, 0.25) is 5.91 Å². The number of aryl methyl sites for hydroxylation is 2. The van der Waals surface area contributed by atoms with Crippen LogP contribution in [0.15, 0.2) is 72.4 Å². The Morgan fingerprint density at radius 1 is 0.788 bits per heavy atom. The zero-order valence-corrected chi connectivity index (χ0v) is 19.0. The number of rotatable bonds is 5. The smallest absolute Gasteiger partial charge is 0.282 e. The molecule has 3 aromatic rings. The summed E-state index contributed by atoms with van der Waals surface area (Å²) in [4.78, 5) is 39.8. The highest BCUT2D eigenvalue weighted by Crippen LogP contribution is 2.36. The summed E-state index contributed by atoms with van der Waals surface area (Å²) in [5, 5.41) is 5.89. The fourth-order valence-corrected chi connectivity index (χ4v) is 3.81. The molecule has 6 heteroatoms. The van der Waals surface area contributed by atoms with Crippen molar-refractivity contribution in [2.75, 3.05) is 15.5 Å². The van der Waals surface area contributed by atoms with Crippen molar-refractivity contribution in [1.82, 2.24) is 0 Å². The molecule has 0 bridgehead atoms. The molecule has 6 nitrogen and oxygen atoms in total. The second-order valence-electron chi connectivity index (χ2n) is 8.16. The molecule has 0 spiro atoms. The quantitative estimate of drug-likeness (QED) is 0.551. The molecule has 1 aliphatic heterocycles. The first-order valence-corrected chi connectivity index (χ1v) is 10.7. The molecule has 3 amide bonds. The van der Waals surface area contributed by atoms with Gasteiger partial charge in [-0.15, -0.1) is 0 Å². The average Bonchev–Trinajstić information content (AvgIpc) is 3.01. The molecule has 166 valence electrons. The SMILES string of the molecule is CC(=O)Nc1ccc(C2=C(Nc3ccc(C)cc3)C(=O)N(c3cccc(C)c3C)C2=O)cc1. The third-order valence-electron chi connectivity index (χ3n) is 5.72. The summed E-state index contributed by atoms with van der Waals surface area (Å²) in [6.45, 7) is 7.27. The van der Waals surface area contributed by atoms with Crippen molar-refractivity contribution in [1.29, 1.82) is 0 Å². The summed E-state index contributed by atoms with van der Waals surface area (Å²) in [5.74, 6) is -0.984. The molecule has 33 heavy (non-hydrogen) atoms. The maximum absolute atomic E-state index is 13.6. The zero-order valence-electron chi connectivity index (χ0n) is 19.0. The minimum atomic E-state index is -0.407. The van der Waals surface area contributed by atoms with Crippen LogP contribution in [0, 0.1) is 20.8 Å². The number of amides is 3. The van der Waals surface area contributed by atoms with Crippen LogP contribution in [0.2, 0.25) is 0 Å². The molecule has 0 aromatic heterocycles. The lowest BCUT2D eigenvalue weighted by Crippen LogP contribution is -2.33. The first-order chi connectivity index (χ1) is 15.8. The monoisotopic (exact) mass is 439 g/mol. The van der Waals surface area contributed by atoms with Crippen molar-refractivity contribution in [2.45, 2.75) is 27.7 Å². The van der Waals surface area contributed by atoms with Gasteiger partial charge in [-0.2, -0.15) is 0 Å². The number of nitrogens with one attached hydrogen (secondary N) is 2. The number of carbonyl (C=O) groups excluding carboxylic acids is 3. The van der Waals surface area contributed by atoms with Crippen molar-refractivity contribution < 1.29 is 14.4 Å². The lowest BCUT2D eigenvalue weighted by Gasteiger charge is -2.19. The van der Waals surface area contributed by atoms with Gasteiger partial charge in [-0.3, -0.25) is 14.4 Å². The Labute approximate surface area is 192 Å². The highest BCUT2D eigenvalue weighted by atomic mass is 16.2. The molecular weight excluding hydrogens is 414 g/mol. The van der Waals surface area contributed by atoms with E-state index >= 15 is 0 Å². The normalized spacial score (nSPS) is 13.5. The van der Waals surface area contributed by atoms with E-state index in [1.165, 1.54) is 11.8 Å². The van der Waals surface area contributed by atoms with Crippen LogP contribution < -0.4 is 15.5 Å². The van der Waals surface area contributed by atoms with Crippen LogP contribution in [-0.2, 0) is 14.4 Å². The molecule has 0 unspecified atom stereocenters. The minimum Gasteiger partial charge on any atom is -0.350 e. The Balaban J connectivity index is 1.81. The zero-order chi connectivity index (χ0) is 23.7. The molecule has 1 heterocycles. The number of carbonyl (C=O) groups is 3. The van der Waals surface area contributed by atoms with Gasteiger partial charge in [-0.25, -0.2) is 4.90 Å². The van der Waals surface area contributed by atoms with Gasteiger partial charge in [0.15, 0.2) is 0 Å². The van der Waals surface area contributed by atoms with Gasteiger partial charge in [0, 0.05) is 18.3 Å². The number of hydrogen-bond donors (Lipinski definition) is 2. The van der Waals surface area contributed by atoms with Gasteiger partial charge in [0.1, 0.15) is 5.70 Å². The second kappa shape index (κ2) is 8.74. The van der Waals surface area contributed by atoms with E-state index in [1.807, 2.05) is 57.2 Å². The molecule has 0 fully saturated rings. The second-order valence-corrected chi connectivity index (χ2v) is 8.16. The van der Waals surface area contributed by atoms with Crippen molar-refractivity contribution in [3.8, 4) is 0 Å². The number of anilines is 3. The van der Waals surface area contributed by atoms with E-state index in [1.54, 1.807) is 30.3 Å². The van der Waals surface area contributed by atoms with Gasteiger partial charge in [-0.05, 0) is 67.8 Å². The van der Waals surface area contributed by atoms with Crippen LogP contribution in [0.5, 0.6) is 0 Å². The topological polar surface area (TPSA) is 78.5 Å². The van der Waals surface area contributed by atoms with Crippen molar-refractivity contribution >= 4 is 40.4 Å². The molecule has 0 atom stereocenters. The predicted molar refractivity (Wildman–Crippen MR) is 131 cm³/mol. The Kier molecular flexibility index (Phi) is 5.84. The third-order valence-corrected chi connectivity index (χ3v) is 5.72. The number of hydrogen-bond acceptors (Lipinski definition) is 4. The maximum Gasteiger partial charge on any atom is 0.282 e. The first-order valence-electron chi connectivity index (χ1n) is 10.7.